The average Bonchev–Trinajstić information content (AvgIpc) is 2.70. The van der Waals surface area contributed by atoms with Crippen molar-refractivity contribution in [1.82, 2.24) is 4.90 Å². The Labute approximate surface area is 114 Å². The van der Waals surface area contributed by atoms with Gasteiger partial charge in [-0.1, -0.05) is 13.3 Å². The van der Waals surface area contributed by atoms with E-state index in [0.717, 1.165) is 25.8 Å². The lowest BCUT2D eigenvalue weighted by molar-refractivity contribution is -0.142. The predicted octanol–water partition coefficient (Wildman–Crippen LogP) is 0.995. The Kier molecular flexibility index (Phi) is 4.20. The van der Waals surface area contributed by atoms with Crippen molar-refractivity contribution in [1.29, 1.82) is 0 Å². The summed E-state index contributed by atoms with van der Waals surface area (Å²) < 4.78 is 23.3. The van der Waals surface area contributed by atoms with Crippen molar-refractivity contribution in [3.8, 4) is 0 Å². The van der Waals surface area contributed by atoms with E-state index in [9.17, 15) is 13.2 Å². The molecule has 0 aromatic rings. The molecular weight excluding hydrogens is 266 g/mol. The van der Waals surface area contributed by atoms with Crippen molar-refractivity contribution in [2.24, 2.45) is 11.8 Å². The molecule has 5 nitrogen and oxygen atoms in total. The highest BCUT2D eigenvalue weighted by Crippen LogP contribution is 2.32. The highest BCUT2D eigenvalue weighted by atomic mass is 32.2. The van der Waals surface area contributed by atoms with Crippen molar-refractivity contribution < 1.29 is 18.3 Å². The van der Waals surface area contributed by atoms with Crippen LogP contribution < -0.4 is 0 Å². The normalized spacial score (nSPS) is 37.4. The van der Waals surface area contributed by atoms with E-state index in [4.69, 9.17) is 5.11 Å². The Morgan fingerprint density at radius 3 is 2.47 bits per heavy atom. The molecule has 2 aliphatic rings. The minimum absolute atomic E-state index is 0.149. The number of sulfone groups is 1. The van der Waals surface area contributed by atoms with Crippen LogP contribution >= 0.6 is 0 Å². The molecule has 1 aliphatic carbocycles. The van der Waals surface area contributed by atoms with E-state index in [2.05, 4.69) is 4.90 Å². The van der Waals surface area contributed by atoms with Crippen molar-refractivity contribution in [3.05, 3.63) is 0 Å². The SMILES string of the molecule is C[C@@H]1CN(C2CCCC(S(C)(=O)=O)C2)C[C@H]1C(=O)O. The summed E-state index contributed by atoms with van der Waals surface area (Å²) in [6.07, 6.45) is 4.64. The van der Waals surface area contributed by atoms with Crippen LogP contribution in [0.1, 0.15) is 32.6 Å². The van der Waals surface area contributed by atoms with Crippen LogP contribution in [0.3, 0.4) is 0 Å². The summed E-state index contributed by atoms with van der Waals surface area (Å²) in [6, 6.07) is 0.236. The summed E-state index contributed by atoms with van der Waals surface area (Å²) in [5.74, 6) is -0.889. The van der Waals surface area contributed by atoms with Gasteiger partial charge in [-0.3, -0.25) is 9.69 Å². The molecule has 4 atom stereocenters. The fourth-order valence-electron chi connectivity index (χ4n) is 3.46. The molecule has 1 saturated heterocycles. The van der Waals surface area contributed by atoms with Gasteiger partial charge in [0.1, 0.15) is 9.84 Å². The highest BCUT2D eigenvalue weighted by molar-refractivity contribution is 7.91. The average molecular weight is 289 g/mol. The standard InChI is InChI=1S/C13H23NO4S/c1-9-7-14(8-12(9)13(15)16)10-4-3-5-11(6-10)19(2,17)18/h9-12H,3-8H2,1-2H3,(H,15,16)/t9-,10?,11?,12-/m1/s1. The molecule has 0 bridgehead atoms. The van der Waals surface area contributed by atoms with E-state index in [1.165, 1.54) is 6.26 Å². The molecule has 1 saturated carbocycles. The predicted molar refractivity (Wildman–Crippen MR) is 72.8 cm³/mol. The summed E-state index contributed by atoms with van der Waals surface area (Å²) >= 11 is 0. The zero-order valence-corrected chi connectivity index (χ0v) is 12.4. The van der Waals surface area contributed by atoms with E-state index in [-0.39, 0.29) is 23.1 Å². The van der Waals surface area contributed by atoms with Crippen LogP contribution in [0.4, 0.5) is 0 Å². The number of nitrogens with zero attached hydrogens (tertiary/aromatic N) is 1. The molecule has 2 fully saturated rings. The Bertz CT molecular complexity index is 448. The van der Waals surface area contributed by atoms with Gasteiger partial charge in [0.25, 0.3) is 0 Å². The zero-order valence-electron chi connectivity index (χ0n) is 11.6. The summed E-state index contributed by atoms with van der Waals surface area (Å²) in [5.41, 5.74) is 0. The molecule has 0 aromatic carbocycles. The maximum absolute atomic E-state index is 11.7. The van der Waals surface area contributed by atoms with Crippen LogP contribution in [-0.2, 0) is 14.6 Å². The number of likely N-dealkylation sites (tertiary alicyclic amines) is 1. The number of carboxylic acid groups (broad SMARTS) is 1. The fraction of sp³-hybridized carbons (Fsp3) is 0.923. The van der Waals surface area contributed by atoms with Crippen molar-refractivity contribution >= 4 is 15.8 Å². The molecule has 6 heteroatoms. The topological polar surface area (TPSA) is 74.7 Å². The number of carboxylic acids is 1. The van der Waals surface area contributed by atoms with Crippen molar-refractivity contribution in [3.63, 3.8) is 0 Å². The highest BCUT2D eigenvalue weighted by Gasteiger charge is 2.40. The molecule has 0 amide bonds. The van der Waals surface area contributed by atoms with Gasteiger partial charge >= 0.3 is 5.97 Å². The Hall–Kier alpha value is -0.620. The molecule has 19 heavy (non-hydrogen) atoms. The van der Waals surface area contributed by atoms with Crippen molar-refractivity contribution in [2.75, 3.05) is 19.3 Å². The lowest BCUT2D eigenvalue weighted by Gasteiger charge is -2.34. The largest absolute Gasteiger partial charge is 0.481 e. The van der Waals surface area contributed by atoms with Gasteiger partial charge < -0.3 is 5.11 Å². The third-order valence-electron chi connectivity index (χ3n) is 4.68. The maximum Gasteiger partial charge on any atom is 0.308 e. The Morgan fingerprint density at radius 2 is 1.95 bits per heavy atom. The number of carbonyl (C=O) groups is 1. The second kappa shape index (κ2) is 5.40. The van der Waals surface area contributed by atoms with Gasteiger partial charge in [-0.25, -0.2) is 8.42 Å². The van der Waals surface area contributed by atoms with Gasteiger partial charge in [-0.2, -0.15) is 0 Å². The van der Waals surface area contributed by atoms with E-state index >= 15 is 0 Å². The molecular formula is C13H23NO4S. The van der Waals surface area contributed by atoms with Gasteiger partial charge in [-0.05, 0) is 25.2 Å². The van der Waals surface area contributed by atoms with Crippen LogP contribution in [0, 0.1) is 11.8 Å². The quantitative estimate of drug-likeness (QED) is 0.839. The van der Waals surface area contributed by atoms with Crippen LogP contribution in [-0.4, -0.2) is 55.0 Å². The maximum atomic E-state index is 11.7. The van der Waals surface area contributed by atoms with Gasteiger partial charge in [0.15, 0.2) is 0 Å². The third kappa shape index (κ3) is 3.28. The lowest BCUT2D eigenvalue weighted by Crippen LogP contribution is -2.41. The van der Waals surface area contributed by atoms with Crippen molar-refractivity contribution in [2.45, 2.75) is 43.9 Å². The van der Waals surface area contributed by atoms with E-state index < -0.39 is 15.8 Å². The van der Waals surface area contributed by atoms with Crippen LogP contribution in [0.5, 0.6) is 0 Å². The molecule has 2 unspecified atom stereocenters. The second-order valence-corrected chi connectivity index (χ2v) is 8.47. The summed E-state index contributed by atoms with van der Waals surface area (Å²) in [7, 11) is -2.97. The van der Waals surface area contributed by atoms with Gasteiger partial charge in [0.05, 0.1) is 11.2 Å². The van der Waals surface area contributed by atoms with E-state index in [1.54, 1.807) is 0 Å². The molecule has 0 spiro atoms. The van der Waals surface area contributed by atoms with Gasteiger partial charge in [-0.15, -0.1) is 0 Å². The van der Waals surface area contributed by atoms with Gasteiger partial charge in [0, 0.05) is 25.4 Å². The molecule has 0 radical (unpaired) electrons. The fourth-order valence-corrected chi connectivity index (χ4v) is 4.63. The monoisotopic (exact) mass is 289 g/mol. The first kappa shape index (κ1) is 14.8. The third-order valence-corrected chi connectivity index (χ3v) is 6.32. The Balaban J connectivity index is 2.01. The van der Waals surface area contributed by atoms with E-state index in [1.807, 2.05) is 6.92 Å². The first-order valence-electron chi connectivity index (χ1n) is 6.94. The zero-order chi connectivity index (χ0) is 14.2. The first-order valence-corrected chi connectivity index (χ1v) is 8.90. The van der Waals surface area contributed by atoms with E-state index in [0.29, 0.717) is 13.0 Å². The molecule has 2 rings (SSSR count). The minimum atomic E-state index is -2.97. The summed E-state index contributed by atoms with van der Waals surface area (Å²) in [4.78, 5) is 13.3. The minimum Gasteiger partial charge on any atom is -0.481 e. The van der Waals surface area contributed by atoms with Crippen LogP contribution in [0.2, 0.25) is 0 Å². The number of rotatable bonds is 3. The van der Waals surface area contributed by atoms with Crippen LogP contribution in [0.15, 0.2) is 0 Å². The number of hydrogen-bond acceptors (Lipinski definition) is 4. The molecule has 1 heterocycles. The van der Waals surface area contributed by atoms with Gasteiger partial charge in [0.2, 0.25) is 0 Å². The van der Waals surface area contributed by atoms with Crippen LogP contribution in [0.25, 0.3) is 0 Å². The molecule has 1 N–H and O–H groups in total. The first-order chi connectivity index (χ1) is 8.79. The Morgan fingerprint density at radius 1 is 1.26 bits per heavy atom. The summed E-state index contributed by atoms with van der Waals surface area (Å²) in [6.45, 7) is 3.31. The molecule has 110 valence electrons. The lowest BCUT2D eigenvalue weighted by atomic mass is 9.94. The molecule has 1 aliphatic heterocycles. The number of hydrogen-bond donors (Lipinski definition) is 1. The smallest absolute Gasteiger partial charge is 0.308 e. The summed E-state index contributed by atoms with van der Waals surface area (Å²) in [5, 5.41) is 8.91. The molecule has 0 aromatic heterocycles. The second-order valence-electron chi connectivity index (χ2n) is 6.15. The number of aliphatic carboxylic acids is 1.